The van der Waals surface area contributed by atoms with Crippen molar-refractivity contribution in [2.45, 2.75) is 38.8 Å². The second-order valence-corrected chi connectivity index (χ2v) is 3.31. The largest absolute Gasteiger partial charge is 0.388 e. The van der Waals surface area contributed by atoms with Gasteiger partial charge in [-0.25, -0.2) is 9.67 Å². The molecule has 0 saturated heterocycles. The van der Waals surface area contributed by atoms with E-state index in [-0.39, 0.29) is 5.82 Å². The van der Waals surface area contributed by atoms with Gasteiger partial charge < -0.3 is 5.11 Å². The highest BCUT2D eigenvalue weighted by Crippen LogP contribution is 2.16. The smallest absolute Gasteiger partial charge is 0.252 e. The average Bonchev–Trinajstić information content (AvgIpc) is 2.65. The van der Waals surface area contributed by atoms with Gasteiger partial charge in [-0.05, 0) is 12.8 Å². The van der Waals surface area contributed by atoms with Gasteiger partial charge in [0.25, 0.3) is 5.82 Å². The summed E-state index contributed by atoms with van der Waals surface area (Å²) in [5.41, 5.74) is -0.750. The van der Waals surface area contributed by atoms with Gasteiger partial charge in [0.05, 0.1) is 12.1 Å². The minimum atomic E-state index is -0.750. The van der Waals surface area contributed by atoms with E-state index in [0.717, 1.165) is 0 Å². The lowest BCUT2D eigenvalue weighted by molar-refractivity contribution is 0.0118. The Labute approximate surface area is 83.0 Å². The topological polar surface area (TPSA) is 74.7 Å². The maximum atomic E-state index is 9.99. The Hall–Kier alpha value is -1.41. The van der Waals surface area contributed by atoms with Gasteiger partial charge in [-0.2, -0.15) is 5.26 Å². The van der Waals surface area contributed by atoms with Crippen LogP contribution >= 0.6 is 0 Å². The predicted octanol–water partition coefficient (Wildman–Crippen LogP) is 0.701. The van der Waals surface area contributed by atoms with Crippen LogP contribution in [-0.4, -0.2) is 25.5 Å². The summed E-state index contributed by atoms with van der Waals surface area (Å²) in [4.78, 5) is 3.77. The van der Waals surface area contributed by atoms with Gasteiger partial charge in [0.2, 0.25) is 0 Å². The highest BCUT2D eigenvalue weighted by molar-refractivity contribution is 5.05. The van der Waals surface area contributed by atoms with Crippen LogP contribution in [0.5, 0.6) is 0 Å². The number of rotatable bonds is 4. The van der Waals surface area contributed by atoms with Crippen LogP contribution in [0.2, 0.25) is 0 Å². The summed E-state index contributed by atoms with van der Waals surface area (Å²) in [7, 11) is 0. The Morgan fingerprint density at radius 1 is 1.57 bits per heavy atom. The SMILES string of the molecule is CCC(O)(CC)Cn1cnc(C#N)n1. The first-order valence-electron chi connectivity index (χ1n) is 4.65. The summed E-state index contributed by atoms with van der Waals surface area (Å²) in [6.45, 7) is 4.23. The van der Waals surface area contributed by atoms with Gasteiger partial charge in [0.15, 0.2) is 0 Å². The molecule has 0 aromatic carbocycles. The molecule has 1 rings (SSSR count). The van der Waals surface area contributed by atoms with Crippen LogP contribution in [0, 0.1) is 11.3 Å². The summed E-state index contributed by atoms with van der Waals surface area (Å²) in [6, 6.07) is 1.84. The van der Waals surface area contributed by atoms with Crippen molar-refractivity contribution in [2.24, 2.45) is 0 Å². The second-order valence-electron chi connectivity index (χ2n) is 3.31. The molecule has 0 atom stereocenters. The lowest BCUT2D eigenvalue weighted by atomic mass is 9.98. The van der Waals surface area contributed by atoms with Gasteiger partial charge in [-0.15, -0.1) is 5.10 Å². The molecule has 0 saturated carbocycles. The molecule has 5 heteroatoms. The van der Waals surface area contributed by atoms with Crippen molar-refractivity contribution in [1.29, 1.82) is 5.26 Å². The lowest BCUT2D eigenvalue weighted by Gasteiger charge is -2.24. The lowest BCUT2D eigenvalue weighted by Crippen LogP contribution is -2.32. The number of aromatic nitrogens is 3. The van der Waals surface area contributed by atoms with Crippen molar-refractivity contribution in [2.75, 3.05) is 0 Å². The highest BCUT2D eigenvalue weighted by Gasteiger charge is 2.23. The Balaban J connectivity index is 2.73. The summed E-state index contributed by atoms with van der Waals surface area (Å²) < 4.78 is 1.51. The molecule has 0 radical (unpaired) electrons. The maximum absolute atomic E-state index is 9.99. The predicted molar refractivity (Wildman–Crippen MR) is 50.3 cm³/mol. The Bertz CT molecular complexity index is 335. The molecule has 0 aliphatic heterocycles. The first-order valence-corrected chi connectivity index (χ1v) is 4.65. The minimum Gasteiger partial charge on any atom is -0.388 e. The van der Waals surface area contributed by atoms with Gasteiger partial charge in [0, 0.05) is 0 Å². The van der Waals surface area contributed by atoms with Gasteiger partial charge in [-0.1, -0.05) is 13.8 Å². The average molecular weight is 194 g/mol. The number of hydrogen-bond acceptors (Lipinski definition) is 4. The normalized spacial score (nSPS) is 11.3. The van der Waals surface area contributed by atoms with Crippen molar-refractivity contribution in [3.63, 3.8) is 0 Å². The van der Waals surface area contributed by atoms with Crippen LogP contribution in [-0.2, 0) is 6.54 Å². The zero-order valence-electron chi connectivity index (χ0n) is 8.43. The fourth-order valence-corrected chi connectivity index (χ4v) is 1.20. The Morgan fingerprint density at radius 2 is 2.21 bits per heavy atom. The molecule has 14 heavy (non-hydrogen) atoms. The van der Waals surface area contributed by atoms with Gasteiger partial charge in [-0.3, -0.25) is 0 Å². The molecule has 0 aliphatic rings. The number of nitrogens with zero attached hydrogens (tertiary/aromatic N) is 4. The molecular formula is C9H14N4O. The fourth-order valence-electron chi connectivity index (χ4n) is 1.20. The summed E-state index contributed by atoms with van der Waals surface area (Å²) in [5, 5.41) is 22.4. The van der Waals surface area contributed by atoms with Crippen molar-refractivity contribution < 1.29 is 5.11 Å². The van der Waals surface area contributed by atoms with Crippen LogP contribution in [0.15, 0.2) is 6.33 Å². The minimum absolute atomic E-state index is 0.138. The van der Waals surface area contributed by atoms with Gasteiger partial charge in [0.1, 0.15) is 12.4 Å². The highest BCUT2D eigenvalue weighted by atomic mass is 16.3. The third-order valence-electron chi connectivity index (χ3n) is 2.41. The van der Waals surface area contributed by atoms with E-state index in [1.807, 2.05) is 19.9 Å². The molecule has 0 aliphatic carbocycles. The van der Waals surface area contributed by atoms with E-state index in [1.54, 1.807) is 0 Å². The molecule has 0 amide bonds. The number of nitriles is 1. The molecule has 5 nitrogen and oxygen atoms in total. The van der Waals surface area contributed by atoms with Crippen molar-refractivity contribution in [3.05, 3.63) is 12.2 Å². The van der Waals surface area contributed by atoms with E-state index in [0.29, 0.717) is 19.4 Å². The molecule has 1 N–H and O–H groups in total. The Kier molecular flexibility index (Phi) is 3.20. The monoisotopic (exact) mass is 194 g/mol. The number of aliphatic hydroxyl groups is 1. The molecule has 1 heterocycles. The first kappa shape index (κ1) is 10.7. The first-order chi connectivity index (χ1) is 6.63. The van der Waals surface area contributed by atoms with Crippen LogP contribution in [0.1, 0.15) is 32.5 Å². The fraction of sp³-hybridized carbons (Fsp3) is 0.667. The maximum Gasteiger partial charge on any atom is 0.252 e. The van der Waals surface area contributed by atoms with Crippen LogP contribution in [0.25, 0.3) is 0 Å². The molecule has 1 aromatic heterocycles. The molecule has 0 spiro atoms. The van der Waals surface area contributed by atoms with Gasteiger partial charge >= 0.3 is 0 Å². The van der Waals surface area contributed by atoms with E-state index in [2.05, 4.69) is 10.1 Å². The molecule has 0 fully saturated rings. The molecular weight excluding hydrogens is 180 g/mol. The van der Waals surface area contributed by atoms with Crippen molar-refractivity contribution >= 4 is 0 Å². The zero-order valence-corrected chi connectivity index (χ0v) is 8.43. The summed E-state index contributed by atoms with van der Waals surface area (Å²) in [5.74, 6) is 0.138. The van der Waals surface area contributed by atoms with E-state index >= 15 is 0 Å². The number of hydrogen-bond donors (Lipinski definition) is 1. The van der Waals surface area contributed by atoms with Crippen LogP contribution in [0.4, 0.5) is 0 Å². The molecule has 0 unspecified atom stereocenters. The van der Waals surface area contributed by atoms with Crippen LogP contribution in [0.3, 0.4) is 0 Å². The van der Waals surface area contributed by atoms with E-state index in [9.17, 15) is 5.11 Å². The van der Waals surface area contributed by atoms with E-state index in [4.69, 9.17) is 5.26 Å². The van der Waals surface area contributed by atoms with E-state index in [1.165, 1.54) is 11.0 Å². The Morgan fingerprint density at radius 3 is 2.64 bits per heavy atom. The van der Waals surface area contributed by atoms with Crippen molar-refractivity contribution in [3.8, 4) is 6.07 Å². The van der Waals surface area contributed by atoms with Crippen LogP contribution < -0.4 is 0 Å². The quantitative estimate of drug-likeness (QED) is 0.765. The third-order valence-corrected chi connectivity index (χ3v) is 2.41. The second kappa shape index (κ2) is 4.20. The van der Waals surface area contributed by atoms with Crippen molar-refractivity contribution in [1.82, 2.24) is 14.8 Å². The molecule has 0 bridgehead atoms. The molecule has 76 valence electrons. The zero-order chi connectivity index (χ0) is 10.6. The van der Waals surface area contributed by atoms with E-state index < -0.39 is 5.60 Å². The standard InChI is InChI=1S/C9H14N4O/c1-3-9(14,4-2)6-13-7-11-8(5-10)12-13/h7,14H,3-4,6H2,1-2H3. The summed E-state index contributed by atoms with van der Waals surface area (Å²) >= 11 is 0. The summed E-state index contributed by atoms with van der Waals surface area (Å²) in [6.07, 6.45) is 2.78. The molecule has 1 aromatic rings. The third kappa shape index (κ3) is 2.30.